The standard InChI is InChI=1S/C10H23NO2S/c1-4-7-10(11-3)8-6-9-14(12,13)5-2/h10-11H,4-9H2,1-3H3. The molecule has 0 saturated heterocycles. The Morgan fingerprint density at radius 1 is 1.21 bits per heavy atom. The molecule has 0 aromatic carbocycles. The predicted molar refractivity (Wildman–Crippen MR) is 61.3 cm³/mol. The molecule has 0 spiro atoms. The van der Waals surface area contributed by atoms with E-state index in [0.717, 1.165) is 25.7 Å². The van der Waals surface area contributed by atoms with Crippen molar-refractivity contribution in [2.45, 2.75) is 45.6 Å². The van der Waals surface area contributed by atoms with Crippen LogP contribution in [0.15, 0.2) is 0 Å². The molecule has 0 aliphatic heterocycles. The Bertz CT molecular complexity index is 224. The van der Waals surface area contributed by atoms with Gasteiger partial charge in [-0.25, -0.2) is 8.42 Å². The predicted octanol–water partition coefficient (Wildman–Crippen LogP) is 1.59. The molecule has 86 valence electrons. The van der Waals surface area contributed by atoms with Crippen molar-refractivity contribution < 1.29 is 8.42 Å². The summed E-state index contributed by atoms with van der Waals surface area (Å²) in [6, 6.07) is 0.479. The van der Waals surface area contributed by atoms with E-state index in [4.69, 9.17) is 0 Å². The molecule has 0 fully saturated rings. The first-order valence-corrected chi connectivity index (χ1v) is 7.25. The first kappa shape index (κ1) is 13.9. The molecule has 4 heteroatoms. The highest BCUT2D eigenvalue weighted by Crippen LogP contribution is 2.06. The summed E-state index contributed by atoms with van der Waals surface area (Å²) in [6.45, 7) is 3.85. The summed E-state index contributed by atoms with van der Waals surface area (Å²) in [6.07, 6.45) is 4.01. The molecule has 0 aliphatic carbocycles. The molecule has 0 aromatic rings. The van der Waals surface area contributed by atoms with Gasteiger partial charge >= 0.3 is 0 Å². The summed E-state index contributed by atoms with van der Waals surface area (Å²) in [7, 11) is -0.827. The van der Waals surface area contributed by atoms with Crippen LogP contribution in [0.2, 0.25) is 0 Å². The van der Waals surface area contributed by atoms with Gasteiger partial charge in [0.1, 0.15) is 9.84 Å². The third-order valence-electron chi connectivity index (χ3n) is 2.49. The van der Waals surface area contributed by atoms with Gasteiger partial charge in [0.05, 0.1) is 5.75 Å². The maximum Gasteiger partial charge on any atom is 0.150 e. The lowest BCUT2D eigenvalue weighted by atomic mass is 10.1. The molecule has 1 unspecified atom stereocenters. The van der Waals surface area contributed by atoms with Crippen LogP contribution in [0.5, 0.6) is 0 Å². The van der Waals surface area contributed by atoms with Crippen molar-refractivity contribution in [1.82, 2.24) is 5.32 Å². The van der Waals surface area contributed by atoms with Gasteiger partial charge in [0.25, 0.3) is 0 Å². The average molecular weight is 221 g/mol. The van der Waals surface area contributed by atoms with Crippen molar-refractivity contribution in [1.29, 1.82) is 0 Å². The highest BCUT2D eigenvalue weighted by atomic mass is 32.2. The Balaban J connectivity index is 3.71. The third kappa shape index (κ3) is 6.38. The minimum atomic E-state index is -2.77. The summed E-state index contributed by atoms with van der Waals surface area (Å²) in [4.78, 5) is 0. The van der Waals surface area contributed by atoms with Crippen LogP contribution in [0.25, 0.3) is 0 Å². The molecule has 0 aliphatic rings. The average Bonchev–Trinajstić information content (AvgIpc) is 2.16. The molecule has 0 heterocycles. The molecule has 0 saturated carbocycles. The van der Waals surface area contributed by atoms with E-state index in [0.29, 0.717) is 11.8 Å². The molecule has 0 rings (SSSR count). The minimum absolute atomic E-state index is 0.269. The van der Waals surface area contributed by atoms with Crippen molar-refractivity contribution in [3.8, 4) is 0 Å². The number of sulfone groups is 1. The Labute approximate surface area is 88.2 Å². The normalized spacial score (nSPS) is 14.2. The third-order valence-corrected chi connectivity index (χ3v) is 4.28. The van der Waals surface area contributed by atoms with E-state index in [1.165, 1.54) is 0 Å². The van der Waals surface area contributed by atoms with E-state index in [1.54, 1.807) is 6.92 Å². The molecular weight excluding hydrogens is 198 g/mol. The quantitative estimate of drug-likeness (QED) is 0.677. The fraction of sp³-hybridized carbons (Fsp3) is 1.00. The van der Waals surface area contributed by atoms with Gasteiger partial charge in [-0.05, 0) is 26.3 Å². The summed E-state index contributed by atoms with van der Waals surface area (Å²) in [5.74, 6) is 0.608. The van der Waals surface area contributed by atoms with Crippen LogP contribution in [-0.4, -0.2) is 33.0 Å². The van der Waals surface area contributed by atoms with E-state index in [1.807, 2.05) is 7.05 Å². The van der Waals surface area contributed by atoms with E-state index < -0.39 is 9.84 Å². The van der Waals surface area contributed by atoms with Gasteiger partial charge in [0.2, 0.25) is 0 Å². The second-order valence-electron chi connectivity index (χ2n) is 3.65. The maximum absolute atomic E-state index is 11.2. The van der Waals surface area contributed by atoms with Gasteiger partial charge in [0, 0.05) is 11.8 Å². The van der Waals surface area contributed by atoms with Gasteiger partial charge in [-0.15, -0.1) is 0 Å². The second-order valence-corrected chi connectivity index (χ2v) is 6.13. The smallest absolute Gasteiger partial charge is 0.150 e. The van der Waals surface area contributed by atoms with Gasteiger partial charge in [-0.1, -0.05) is 20.3 Å². The lowest BCUT2D eigenvalue weighted by Crippen LogP contribution is -2.25. The van der Waals surface area contributed by atoms with Crippen molar-refractivity contribution in [2.75, 3.05) is 18.6 Å². The Kier molecular flexibility index (Phi) is 7.19. The summed E-state index contributed by atoms with van der Waals surface area (Å²) in [5, 5.41) is 3.21. The molecule has 0 aromatic heterocycles. The number of rotatable bonds is 8. The molecule has 0 bridgehead atoms. The number of nitrogens with one attached hydrogen (secondary N) is 1. The monoisotopic (exact) mass is 221 g/mol. The van der Waals surface area contributed by atoms with Crippen molar-refractivity contribution in [3.05, 3.63) is 0 Å². The van der Waals surface area contributed by atoms with E-state index in [9.17, 15) is 8.42 Å². The van der Waals surface area contributed by atoms with Gasteiger partial charge < -0.3 is 5.32 Å². The molecular formula is C10H23NO2S. The first-order chi connectivity index (χ1) is 6.55. The van der Waals surface area contributed by atoms with E-state index in [-0.39, 0.29) is 5.75 Å². The van der Waals surface area contributed by atoms with Crippen LogP contribution in [0.4, 0.5) is 0 Å². The summed E-state index contributed by atoms with van der Waals surface area (Å²) < 4.78 is 22.4. The number of hydrogen-bond acceptors (Lipinski definition) is 3. The van der Waals surface area contributed by atoms with Crippen LogP contribution in [0.1, 0.15) is 39.5 Å². The zero-order chi connectivity index (χ0) is 11.0. The van der Waals surface area contributed by atoms with Crippen molar-refractivity contribution >= 4 is 9.84 Å². The lowest BCUT2D eigenvalue weighted by molar-refractivity contribution is 0.477. The Morgan fingerprint density at radius 2 is 1.86 bits per heavy atom. The summed E-state index contributed by atoms with van der Waals surface area (Å²) >= 11 is 0. The van der Waals surface area contributed by atoms with Crippen molar-refractivity contribution in [2.24, 2.45) is 0 Å². The molecule has 1 atom stereocenters. The molecule has 3 nitrogen and oxygen atoms in total. The maximum atomic E-state index is 11.2. The Hall–Kier alpha value is -0.0900. The fourth-order valence-electron chi connectivity index (χ4n) is 1.48. The van der Waals surface area contributed by atoms with E-state index >= 15 is 0 Å². The SMILES string of the molecule is CCCC(CCCS(=O)(=O)CC)NC. The largest absolute Gasteiger partial charge is 0.317 e. The van der Waals surface area contributed by atoms with Crippen LogP contribution in [0.3, 0.4) is 0 Å². The van der Waals surface area contributed by atoms with Crippen LogP contribution < -0.4 is 5.32 Å². The van der Waals surface area contributed by atoms with Gasteiger partial charge in [-0.2, -0.15) is 0 Å². The number of hydrogen-bond donors (Lipinski definition) is 1. The fourth-order valence-corrected chi connectivity index (χ4v) is 2.37. The zero-order valence-corrected chi connectivity index (χ0v) is 10.4. The Morgan fingerprint density at radius 3 is 2.29 bits per heavy atom. The second kappa shape index (κ2) is 7.23. The molecule has 0 radical (unpaired) electrons. The first-order valence-electron chi connectivity index (χ1n) is 5.43. The van der Waals surface area contributed by atoms with Crippen LogP contribution in [0, 0.1) is 0 Å². The minimum Gasteiger partial charge on any atom is -0.317 e. The van der Waals surface area contributed by atoms with Crippen molar-refractivity contribution in [3.63, 3.8) is 0 Å². The van der Waals surface area contributed by atoms with Crippen LogP contribution >= 0.6 is 0 Å². The zero-order valence-electron chi connectivity index (χ0n) is 9.54. The highest BCUT2D eigenvalue weighted by molar-refractivity contribution is 7.91. The molecule has 14 heavy (non-hydrogen) atoms. The highest BCUT2D eigenvalue weighted by Gasteiger charge is 2.09. The topological polar surface area (TPSA) is 46.2 Å². The van der Waals surface area contributed by atoms with E-state index in [2.05, 4.69) is 12.2 Å². The molecule has 0 amide bonds. The van der Waals surface area contributed by atoms with Gasteiger partial charge in [-0.3, -0.25) is 0 Å². The lowest BCUT2D eigenvalue weighted by Gasteiger charge is -2.14. The van der Waals surface area contributed by atoms with Gasteiger partial charge in [0.15, 0.2) is 0 Å². The van der Waals surface area contributed by atoms with Crippen LogP contribution in [-0.2, 0) is 9.84 Å². The summed E-state index contributed by atoms with van der Waals surface area (Å²) in [5.41, 5.74) is 0. The molecule has 1 N–H and O–H groups in total.